The van der Waals surface area contributed by atoms with Crippen molar-refractivity contribution in [1.29, 1.82) is 0 Å². The summed E-state index contributed by atoms with van der Waals surface area (Å²) in [5, 5.41) is 4.44. The standard InChI is InChI=1S/C11H17ClN2O2/c1-3-6-16-7-5-10(15)11-9(12)8-13-14(11)4-2/h8H,3-7H2,1-2H3. The molecule has 1 aromatic heterocycles. The van der Waals surface area contributed by atoms with Crippen molar-refractivity contribution in [2.45, 2.75) is 33.2 Å². The van der Waals surface area contributed by atoms with Gasteiger partial charge in [0.1, 0.15) is 5.69 Å². The molecule has 0 saturated heterocycles. The third-order valence-corrected chi connectivity index (χ3v) is 2.46. The van der Waals surface area contributed by atoms with E-state index in [1.54, 1.807) is 4.68 Å². The number of aryl methyl sites for hydroxylation is 1. The second-order valence-corrected chi connectivity index (χ2v) is 3.85. The van der Waals surface area contributed by atoms with Gasteiger partial charge in [-0.05, 0) is 13.3 Å². The first-order valence-corrected chi connectivity index (χ1v) is 5.90. The first kappa shape index (κ1) is 13.2. The maximum absolute atomic E-state index is 11.8. The van der Waals surface area contributed by atoms with Gasteiger partial charge in [-0.3, -0.25) is 9.48 Å². The van der Waals surface area contributed by atoms with Crippen molar-refractivity contribution < 1.29 is 9.53 Å². The molecule has 0 atom stereocenters. The van der Waals surface area contributed by atoms with E-state index in [2.05, 4.69) is 5.10 Å². The van der Waals surface area contributed by atoms with Crippen LogP contribution in [0.5, 0.6) is 0 Å². The summed E-state index contributed by atoms with van der Waals surface area (Å²) in [5.41, 5.74) is 0.490. The van der Waals surface area contributed by atoms with Crippen LogP contribution in [-0.4, -0.2) is 28.8 Å². The fourth-order valence-corrected chi connectivity index (χ4v) is 1.66. The molecule has 0 N–H and O–H groups in total. The second kappa shape index (κ2) is 6.66. The lowest BCUT2D eigenvalue weighted by Gasteiger charge is -2.05. The number of carbonyl (C=O) groups excluding carboxylic acids is 1. The molecule has 90 valence electrons. The van der Waals surface area contributed by atoms with Crippen LogP contribution < -0.4 is 0 Å². The number of hydrogen-bond acceptors (Lipinski definition) is 3. The van der Waals surface area contributed by atoms with E-state index in [-0.39, 0.29) is 5.78 Å². The number of ether oxygens (including phenoxy) is 1. The molecule has 0 bridgehead atoms. The number of halogens is 1. The van der Waals surface area contributed by atoms with E-state index in [1.165, 1.54) is 6.20 Å². The molecule has 0 saturated carbocycles. The number of hydrogen-bond donors (Lipinski definition) is 0. The number of rotatable bonds is 7. The van der Waals surface area contributed by atoms with Gasteiger partial charge >= 0.3 is 0 Å². The molecular weight excluding hydrogens is 228 g/mol. The van der Waals surface area contributed by atoms with Gasteiger partial charge in [0.05, 0.1) is 17.8 Å². The van der Waals surface area contributed by atoms with E-state index < -0.39 is 0 Å². The molecule has 0 aromatic carbocycles. The van der Waals surface area contributed by atoms with Crippen molar-refractivity contribution in [3.05, 3.63) is 16.9 Å². The first-order valence-electron chi connectivity index (χ1n) is 5.52. The molecule has 0 spiro atoms. The highest BCUT2D eigenvalue weighted by Gasteiger charge is 2.16. The fraction of sp³-hybridized carbons (Fsp3) is 0.636. The fourth-order valence-electron chi connectivity index (χ4n) is 1.41. The SMILES string of the molecule is CCCOCCC(=O)c1c(Cl)cnn1CC. The Labute approximate surface area is 101 Å². The van der Waals surface area contributed by atoms with Crippen LogP contribution in [-0.2, 0) is 11.3 Å². The van der Waals surface area contributed by atoms with Gasteiger partial charge in [-0.1, -0.05) is 18.5 Å². The Balaban J connectivity index is 2.55. The second-order valence-electron chi connectivity index (χ2n) is 3.44. The predicted octanol–water partition coefficient (Wildman–Crippen LogP) is 2.56. The number of nitrogens with zero attached hydrogens (tertiary/aromatic N) is 2. The third kappa shape index (κ3) is 3.32. The summed E-state index contributed by atoms with van der Waals surface area (Å²) in [6.07, 6.45) is 2.82. The molecule has 0 aliphatic heterocycles. The summed E-state index contributed by atoms with van der Waals surface area (Å²) in [6, 6.07) is 0. The molecule has 0 unspecified atom stereocenters. The van der Waals surface area contributed by atoms with Gasteiger partial charge in [0, 0.05) is 19.6 Å². The zero-order valence-electron chi connectivity index (χ0n) is 9.70. The Kier molecular flexibility index (Phi) is 5.49. The Morgan fingerprint density at radius 1 is 1.50 bits per heavy atom. The lowest BCUT2D eigenvalue weighted by atomic mass is 10.2. The zero-order valence-corrected chi connectivity index (χ0v) is 10.5. The van der Waals surface area contributed by atoms with Crippen LogP contribution in [0.1, 0.15) is 37.2 Å². The molecule has 4 nitrogen and oxygen atoms in total. The normalized spacial score (nSPS) is 10.7. The van der Waals surface area contributed by atoms with Gasteiger partial charge in [-0.15, -0.1) is 0 Å². The van der Waals surface area contributed by atoms with Crippen LogP contribution in [0.25, 0.3) is 0 Å². The maximum atomic E-state index is 11.8. The molecule has 1 rings (SSSR count). The number of Topliss-reactive ketones (excluding diaryl/α,β-unsaturated/α-hetero) is 1. The number of aromatic nitrogens is 2. The number of ketones is 1. The Hall–Kier alpha value is -0.870. The van der Waals surface area contributed by atoms with Crippen LogP contribution in [0.4, 0.5) is 0 Å². The van der Waals surface area contributed by atoms with Gasteiger partial charge in [0.15, 0.2) is 5.78 Å². The molecular formula is C11H17ClN2O2. The summed E-state index contributed by atoms with van der Waals surface area (Å²) >= 11 is 5.91. The zero-order chi connectivity index (χ0) is 12.0. The smallest absolute Gasteiger partial charge is 0.184 e. The van der Waals surface area contributed by atoms with Crippen LogP contribution in [0.15, 0.2) is 6.20 Å². The molecule has 0 amide bonds. The monoisotopic (exact) mass is 244 g/mol. The lowest BCUT2D eigenvalue weighted by molar-refractivity contribution is 0.0869. The minimum absolute atomic E-state index is 0.0135. The molecule has 16 heavy (non-hydrogen) atoms. The lowest BCUT2D eigenvalue weighted by Crippen LogP contribution is -2.12. The summed E-state index contributed by atoms with van der Waals surface area (Å²) in [5.74, 6) is -0.0135. The van der Waals surface area contributed by atoms with E-state index >= 15 is 0 Å². The summed E-state index contributed by atoms with van der Waals surface area (Å²) in [6.45, 7) is 5.73. The molecule has 0 aliphatic rings. The van der Waals surface area contributed by atoms with E-state index in [1.807, 2.05) is 13.8 Å². The largest absolute Gasteiger partial charge is 0.381 e. The first-order chi connectivity index (χ1) is 7.70. The van der Waals surface area contributed by atoms with Crippen LogP contribution in [0, 0.1) is 0 Å². The van der Waals surface area contributed by atoms with Gasteiger partial charge in [-0.25, -0.2) is 0 Å². The van der Waals surface area contributed by atoms with Gasteiger partial charge in [-0.2, -0.15) is 5.10 Å². The van der Waals surface area contributed by atoms with Crippen LogP contribution >= 0.6 is 11.6 Å². The van der Waals surface area contributed by atoms with Gasteiger partial charge in [0.2, 0.25) is 0 Å². The molecule has 1 aromatic rings. The molecule has 0 aliphatic carbocycles. The molecule has 5 heteroatoms. The van der Waals surface area contributed by atoms with E-state index in [9.17, 15) is 4.79 Å². The number of carbonyl (C=O) groups is 1. The van der Waals surface area contributed by atoms with Gasteiger partial charge in [0.25, 0.3) is 0 Å². The van der Waals surface area contributed by atoms with Crippen molar-refractivity contribution >= 4 is 17.4 Å². The van der Waals surface area contributed by atoms with Gasteiger partial charge < -0.3 is 4.74 Å². The highest BCUT2D eigenvalue weighted by atomic mass is 35.5. The van der Waals surface area contributed by atoms with E-state index in [4.69, 9.17) is 16.3 Å². The minimum Gasteiger partial charge on any atom is -0.381 e. The van der Waals surface area contributed by atoms with Crippen molar-refractivity contribution in [2.24, 2.45) is 0 Å². The quantitative estimate of drug-likeness (QED) is 0.547. The molecule has 1 heterocycles. The van der Waals surface area contributed by atoms with Crippen LogP contribution in [0.3, 0.4) is 0 Å². The van der Waals surface area contributed by atoms with E-state index in [0.717, 1.165) is 6.42 Å². The molecule has 0 radical (unpaired) electrons. The summed E-state index contributed by atoms with van der Waals surface area (Å²) in [4.78, 5) is 11.8. The Morgan fingerprint density at radius 2 is 2.25 bits per heavy atom. The Bertz CT molecular complexity index is 350. The predicted molar refractivity (Wildman–Crippen MR) is 63.0 cm³/mol. The average molecular weight is 245 g/mol. The summed E-state index contributed by atoms with van der Waals surface area (Å²) < 4.78 is 6.89. The third-order valence-electron chi connectivity index (χ3n) is 2.18. The minimum atomic E-state index is -0.0135. The highest BCUT2D eigenvalue weighted by molar-refractivity contribution is 6.33. The summed E-state index contributed by atoms with van der Waals surface area (Å²) in [7, 11) is 0. The highest BCUT2D eigenvalue weighted by Crippen LogP contribution is 2.16. The maximum Gasteiger partial charge on any atom is 0.184 e. The van der Waals surface area contributed by atoms with Crippen LogP contribution in [0.2, 0.25) is 5.02 Å². The molecule has 0 fully saturated rings. The van der Waals surface area contributed by atoms with E-state index in [0.29, 0.717) is 36.9 Å². The van der Waals surface area contributed by atoms with Crippen molar-refractivity contribution in [2.75, 3.05) is 13.2 Å². The average Bonchev–Trinajstić information content (AvgIpc) is 2.65. The van der Waals surface area contributed by atoms with Crippen molar-refractivity contribution in [3.8, 4) is 0 Å². The Morgan fingerprint density at radius 3 is 2.88 bits per heavy atom. The van der Waals surface area contributed by atoms with Crippen molar-refractivity contribution in [1.82, 2.24) is 9.78 Å². The van der Waals surface area contributed by atoms with Crippen molar-refractivity contribution in [3.63, 3.8) is 0 Å². The topological polar surface area (TPSA) is 44.1 Å².